The molecular formula is C19H18F2N6O2. The number of carbonyl (C=O) groups is 1. The van der Waals surface area contributed by atoms with Crippen LogP contribution < -0.4 is 15.9 Å². The van der Waals surface area contributed by atoms with Crippen molar-refractivity contribution in [2.75, 3.05) is 24.5 Å². The molecule has 1 aliphatic carbocycles. The number of pyridine rings is 2. The zero-order valence-corrected chi connectivity index (χ0v) is 15.4. The maximum absolute atomic E-state index is 13.3. The molecule has 0 atom stereocenters. The Bertz CT molecular complexity index is 1160. The van der Waals surface area contributed by atoms with Gasteiger partial charge in [0, 0.05) is 38.7 Å². The fourth-order valence-corrected chi connectivity index (χ4v) is 4.06. The van der Waals surface area contributed by atoms with Crippen molar-refractivity contribution in [3.05, 3.63) is 46.5 Å². The number of hydrogen-bond donors (Lipinski definition) is 2. The van der Waals surface area contributed by atoms with Crippen LogP contribution in [0.5, 0.6) is 0 Å². The average Bonchev–Trinajstić information content (AvgIpc) is 2.92. The number of nitrogens with one attached hydrogen (secondary N) is 2. The van der Waals surface area contributed by atoms with E-state index in [1.165, 1.54) is 4.57 Å². The molecule has 1 fully saturated rings. The van der Waals surface area contributed by atoms with Gasteiger partial charge in [-0.1, -0.05) is 0 Å². The van der Waals surface area contributed by atoms with Crippen molar-refractivity contribution in [1.82, 2.24) is 24.8 Å². The molecule has 0 bridgehead atoms. The predicted octanol–water partition coefficient (Wildman–Crippen LogP) is 1.70. The molecule has 2 aliphatic rings. The third kappa shape index (κ3) is 3.04. The van der Waals surface area contributed by atoms with Crippen molar-refractivity contribution < 1.29 is 13.6 Å². The van der Waals surface area contributed by atoms with E-state index in [4.69, 9.17) is 0 Å². The molecule has 0 saturated heterocycles. The summed E-state index contributed by atoms with van der Waals surface area (Å²) in [6.45, 7) is 1.24. The number of alkyl halides is 2. The SMILES string of the molecule is O=C1NCCN(CC2CC(F)(F)C2)c2nc(-n3c(=O)[nH]c4ncccc43)ccc21. The van der Waals surface area contributed by atoms with Gasteiger partial charge in [-0.2, -0.15) is 0 Å². The maximum atomic E-state index is 13.3. The van der Waals surface area contributed by atoms with Crippen molar-refractivity contribution in [3.63, 3.8) is 0 Å². The Labute approximate surface area is 163 Å². The first-order valence-electron chi connectivity index (χ1n) is 9.39. The van der Waals surface area contributed by atoms with E-state index in [1.807, 2.05) is 4.90 Å². The van der Waals surface area contributed by atoms with Gasteiger partial charge in [0.15, 0.2) is 5.65 Å². The van der Waals surface area contributed by atoms with Crippen LogP contribution in [0.15, 0.2) is 35.3 Å². The van der Waals surface area contributed by atoms with Gasteiger partial charge in [0.1, 0.15) is 11.6 Å². The molecule has 10 heteroatoms. The molecule has 0 unspecified atom stereocenters. The minimum absolute atomic E-state index is 0.156. The van der Waals surface area contributed by atoms with Crippen molar-refractivity contribution in [3.8, 4) is 5.82 Å². The highest BCUT2D eigenvalue weighted by Gasteiger charge is 2.46. The van der Waals surface area contributed by atoms with Crippen molar-refractivity contribution >= 4 is 22.9 Å². The summed E-state index contributed by atoms with van der Waals surface area (Å²) in [5.41, 5.74) is 0.964. The largest absolute Gasteiger partial charge is 0.354 e. The van der Waals surface area contributed by atoms with E-state index in [-0.39, 0.29) is 24.7 Å². The van der Waals surface area contributed by atoms with Crippen molar-refractivity contribution in [2.24, 2.45) is 5.92 Å². The van der Waals surface area contributed by atoms with Crippen LogP contribution in [0.3, 0.4) is 0 Å². The monoisotopic (exact) mass is 400 g/mol. The third-order valence-corrected chi connectivity index (χ3v) is 5.41. The molecule has 8 nitrogen and oxygen atoms in total. The Kier molecular flexibility index (Phi) is 3.90. The molecule has 0 aromatic carbocycles. The maximum Gasteiger partial charge on any atom is 0.333 e. The molecule has 0 spiro atoms. The lowest BCUT2D eigenvalue weighted by atomic mass is 9.81. The van der Waals surface area contributed by atoms with E-state index in [0.29, 0.717) is 48.0 Å². The number of imidazole rings is 1. The van der Waals surface area contributed by atoms with Gasteiger partial charge in [0.05, 0.1) is 11.1 Å². The van der Waals surface area contributed by atoms with E-state index in [9.17, 15) is 18.4 Å². The van der Waals surface area contributed by atoms with Gasteiger partial charge in [-0.15, -0.1) is 0 Å². The summed E-state index contributed by atoms with van der Waals surface area (Å²) in [6, 6.07) is 6.67. The second kappa shape index (κ2) is 6.36. The van der Waals surface area contributed by atoms with E-state index in [2.05, 4.69) is 20.3 Å². The Morgan fingerprint density at radius 2 is 2.03 bits per heavy atom. The van der Waals surface area contributed by atoms with Crippen LogP contribution >= 0.6 is 0 Å². The van der Waals surface area contributed by atoms with Gasteiger partial charge in [-0.3, -0.25) is 9.78 Å². The topological polar surface area (TPSA) is 95.9 Å². The van der Waals surface area contributed by atoms with Crippen LogP contribution in [0, 0.1) is 5.92 Å². The fourth-order valence-electron chi connectivity index (χ4n) is 4.06. The molecule has 1 amide bonds. The molecule has 4 heterocycles. The molecule has 3 aromatic heterocycles. The van der Waals surface area contributed by atoms with Crippen LogP contribution in [0.25, 0.3) is 17.0 Å². The number of aromatic nitrogens is 4. The first-order chi connectivity index (χ1) is 13.9. The predicted molar refractivity (Wildman–Crippen MR) is 102 cm³/mol. The molecule has 2 N–H and O–H groups in total. The molecule has 1 aliphatic heterocycles. The van der Waals surface area contributed by atoms with Gasteiger partial charge in [0.25, 0.3) is 5.91 Å². The van der Waals surface area contributed by atoms with Crippen LogP contribution in [0.4, 0.5) is 14.6 Å². The van der Waals surface area contributed by atoms with E-state index in [0.717, 1.165) is 0 Å². The average molecular weight is 400 g/mol. The molecule has 29 heavy (non-hydrogen) atoms. The highest BCUT2D eigenvalue weighted by Crippen LogP contribution is 2.43. The normalized spacial score (nSPS) is 18.8. The molecule has 3 aromatic rings. The van der Waals surface area contributed by atoms with Crippen molar-refractivity contribution in [1.29, 1.82) is 0 Å². The van der Waals surface area contributed by atoms with Crippen LogP contribution in [-0.2, 0) is 0 Å². The Balaban J connectivity index is 1.57. The number of hydrogen-bond acceptors (Lipinski definition) is 5. The summed E-state index contributed by atoms with van der Waals surface area (Å²) in [4.78, 5) is 38.2. The second-order valence-corrected chi connectivity index (χ2v) is 7.51. The summed E-state index contributed by atoms with van der Waals surface area (Å²) in [5.74, 6) is -2.29. The lowest BCUT2D eigenvalue weighted by Crippen LogP contribution is -2.44. The van der Waals surface area contributed by atoms with Gasteiger partial charge in [0.2, 0.25) is 5.92 Å². The number of carbonyl (C=O) groups excluding carboxylic acids is 1. The fraction of sp³-hybridized carbons (Fsp3) is 0.368. The van der Waals surface area contributed by atoms with Crippen LogP contribution in [0.2, 0.25) is 0 Å². The Hall–Kier alpha value is -3.30. The standard InChI is InChI=1S/C19H18F2N6O2/c20-19(21)8-11(9-19)10-26-7-6-23-17(28)12-3-4-14(24-16(12)26)27-13-2-1-5-22-15(13)25-18(27)29/h1-5,11H,6-10H2,(H,23,28)(H,22,25,29). The smallest absolute Gasteiger partial charge is 0.333 e. The number of aromatic amines is 1. The van der Waals surface area contributed by atoms with Crippen LogP contribution in [0.1, 0.15) is 23.2 Å². The number of rotatable bonds is 3. The van der Waals surface area contributed by atoms with Crippen molar-refractivity contribution in [2.45, 2.75) is 18.8 Å². The number of halogens is 2. The minimum atomic E-state index is -2.60. The molecular weight excluding hydrogens is 382 g/mol. The number of anilines is 1. The number of fused-ring (bicyclic) bond motifs is 2. The molecule has 150 valence electrons. The summed E-state index contributed by atoms with van der Waals surface area (Å²) < 4.78 is 27.9. The Morgan fingerprint density at radius 1 is 1.21 bits per heavy atom. The number of amides is 1. The van der Waals surface area contributed by atoms with Gasteiger partial charge in [-0.25, -0.2) is 28.1 Å². The lowest BCUT2D eigenvalue weighted by molar-refractivity contribution is -0.107. The third-order valence-electron chi connectivity index (χ3n) is 5.41. The number of H-pyrrole nitrogens is 1. The first kappa shape index (κ1) is 17.8. The van der Waals surface area contributed by atoms with Gasteiger partial charge < -0.3 is 10.2 Å². The van der Waals surface area contributed by atoms with E-state index >= 15 is 0 Å². The summed E-state index contributed by atoms with van der Waals surface area (Å²) in [7, 11) is 0. The van der Waals surface area contributed by atoms with E-state index in [1.54, 1.807) is 30.5 Å². The first-order valence-corrected chi connectivity index (χ1v) is 9.39. The molecule has 1 saturated carbocycles. The Morgan fingerprint density at radius 3 is 2.83 bits per heavy atom. The van der Waals surface area contributed by atoms with Gasteiger partial charge in [-0.05, 0) is 30.2 Å². The van der Waals surface area contributed by atoms with E-state index < -0.39 is 11.6 Å². The highest BCUT2D eigenvalue weighted by atomic mass is 19.3. The molecule has 0 radical (unpaired) electrons. The summed E-state index contributed by atoms with van der Waals surface area (Å²) in [5, 5.41) is 2.80. The summed E-state index contributed by atoms with van der Waals surface area (Å²) in [6.07, 6.45) is 1.26. The zero-order chi connectivity index (χ0) is 20.2. The summed E-state index contributed by atoms with van der Waals surface area (Å²) >= 11 is 0. The number of nitrogens with zero attached hydrogens (tertiary/aromatic N) is 4. The minimum Gasteiger partial charge on any atom is -0.354 e. The lowest BCUT2D eigenvalue weighted by Gasteiger charge is -2.38. The highest BCUT2D eigenvalue weighted by molar-refractivity contribution is 5.99. The second-order valence-electron chi connectivity index (χ2n) is 7.51. The molecule has 5 rings (SSSR count). The quantitative estimate of drug-likeness (QED) is 0.698. The zero-order valence-electron chi connectivity index (χ0n) is 15.4. The van der Waals surface area contributed by atoms with Crippen LogP contribution in [-0.4, -0.2) is 51.0 Å². The van der Waals surface area contributed by atoms with Gasteiger partial charge >= 0.3 is 5.69 Å².